The number of nitrogen functional groups attached to an aromatic ring is 1. The number of anilines is 2. The zero-order chi connectivity index (χ0) is 13.9. The molecule has 0 bridgehead atoms. The molecule has 3 heterocycles. The number of hydrazine groups is 1. The third kappa shape index (κ3) is 2.38. The van der Waals surface area contributed by atoms with Crippen LogP contribution in [0.15, 0.2) is 12.7 Å². The maximum atomic E-state index is 9.20. The lowest BCUT2D eigenvalue weighted by molar-refractivity contribution is 0.238. The fraction of sp³-hybridized carbons (Fsp3) is 0.500. The van der Waals surface area contributed by atoms with Gasteiger partial charge in [0.1, 0.15) is 12.7 Å². The molecule has 10 nitrogen and oxygen atoms in total. The number of aliphatic hydroxyl groups excluding tert-OH is 1. The molecule has 1 atom stereocenters. The Hall–Kier alpha value is -2.33. The van der Waals surface area contributed by atoms with Crippen molar-refractivity contribution in [2.24, 2.45) is 11.8 Å². The van der Waals surface area contributed by atoms with Crippen LogP contribution in [0.3, 0.4) is 0 Å². The van der Waals surface area contributed by atoms with Gasteiger partial charge in [-0.15, -0.1) is 0 Å². The van der Waals surface area contributed by atoms with Gasteiger partial charge in [0, 0.05) is 25.6 Å². The molecule has 4 N–H and O–H groups in total. The van der Waals surface area contributed by atoms with Gasteiger partial charge in [-0.2, -0.15) is 24.7 Å². The molecule has 1 saturated heterocycles. The molecule has 2 aromatic rings. The molecule has 0 aromatic carbocycles. The van der Waals surface area contributed by atoms with Crippen molar-refractivity contribution < 1.29 is 5.11 Å². The normalized spacial score (nSPS) is 18.5. The summed E-state index contributed by atoms with van der Waals surface area (Å²) in [6.07, 6.45) is 3.81. The van der Waals surface area contributed by atoms with Gasteiger partial charge in [-0.3, -0.25) is 5.43 Å². The van der Waals surface area contributed by atoms with E-state index in [4.69, 9.17) is 5.84 Å². The van der Waals surface area contributed by atoms with Gasteiger partial charge >= 0.3 is 0 Å². The number of aromatic nitrogens is 6. The summed E-state index contributed by atoms with van der Waals surface area (Å²) >= 11 is 0. The van der Waals surface area contributed by atoms with Gasteiger partial charge in [0.05, 0.1) is 0 Å². The lowest BCUT2D eigenvalue weighted by Gasteiger charge is -2.17. The average molecular weight is 277 g/mol. The smallest absolute Gasteiger partial charge is 0.258 e. The molecule has 0 spiro atoms. The van der Waals surface area contributed by atoms with Crippen molar-refractivity contribution >= 4 is 11.9 Å². The monoisotopic (exact) mass is 277 g/mol. The molecule has 0 aliphatic carbocycles. The molecule has 1 aliphatic heterocycles. The average Bonchev–Trinajstić information content (AvgIpc) is 3.17. The van der Waals surface area contributed by atoms with Crippen LogP contribution < -0.4 is 16.2 Å². The number of nitrogens with one attached hydrogen (secondary N) is 1. The minimum atomic E-state index is 0.166. The van der Waals surface area contributed by atoms with Crippen molar-refractivity contribution in [3.05, 3.63) is 12.7 Å². The van der Waals surface area contributed by atoms with E-state index in [2.05, 4.69) is 30.5 Å². The first-order valence-electron chi connectivity index (χ1n) is 6.23. The summed E-state index contributed by atoms with van der Waals surface area (Å²) in [5.41, 5.74) is 2.42. The Morgan fingerprint density at radius 3 is 2.85 bits per heavy atom. The molecule has 20 heavy (non-hydrogen) atoms. The first-order chi connectivity index (χ1) is 9.80. The number of hydrogen-bond acceptors (Lipinski definition) is 9. The van der Waals surface area contributed by atoms with Gasteiger partial charge < -0.3 is 10.0 Å². The van der Waals surface area contributed by atoms with Gasteiger partial charge in [0.2, 0.25) is 11.9 Å². The van der Waals surface area contributed by atoms with Crippen molar-refractivity contribution in [3.63, 3.8) is 0 Å². The fourth-order valence-corrected chi connectivity index (χ4v) is 2.14. The molecule has 0 amide bonds. The van der Waals surface area contributed by atoms with Crippen molar-refractivity contribution in [1.82, 2.24) is 29.7 Å². The second kappa shape index (κ2) is 5.35. The van der Waals surface area contributed by atoms with E-state index >= 15 is 0 Å². The third-order valence-electron chi connectivity index (χ3n) is 3.19. The largest absolute Gasteiger partial charge is 0.396 e. The molecular weight excluding hydrogens is 262 g/mol. The summed E-state index contributed by atoms with van der Waals surface area (Å²) in [7, 11) is 0. The number of nitrogens with two attached hydrogens (primary N) is 1. The van der Waals surface area contributed by atoms with Crippen molar-refractivity contribution in [2.45, 2.75) is 6.42 Å². The van der Waals surface area contributed by atoms with E-state index in [9.17, 15) is 5.11 Å². The molecule has 0 saturated carbocycles. The van der Waals surface area contributed by atoms with E-state index in [0.29, 0.717) is 18.4 Å². The Bertz CT molecular complexity index is 572. The summed E-state index contributed by atoms with van der Waals surface area (Å²) in [6, 6.07) is 0. The molecular formula is C10H15N9O. The standard InChI is InChI=1S/C10H15N9O/c11-17-8-14-9(18-2-1-7(3-18)4-20)16-10(15-8)19-6-12-5-13-19/h5-7,20H,1-4,11H2,(H,14,15,16,17). The minimum Gasteiger partial charge on any atom is -0.396 e. The Morgan fingerprint density at radius 2 is 2.20 bits per heavy atom. The van der Waals surface area contributed by atoms with E-state index in [1.165, 1.54) is 17.3 Å². The molecule has 2 aromatic heterocycles. The highest BCUT2D eigenvalue weighted by molar-refractivity contribution is 5.40. The molecule has 10 heteroatoms. The number of rotatable bonds is 4. The highest BCUT2D eigenvalue weighted by Gasteiger charge is 2.25. The first-order valence-corrected chi connectivity index (χ1v) is 6.23. The predicted octanol–water partition coefficient (Wildman–Crippen LogP) is -1.44. The highest BCUT2D eigenvalue weighted by Crippen LogP contribution is 2.21. The van der Waals surface area contributed by atoms with Crippen LogP contribution in [-0.2, 0) is 0 Å². The second-order valence-electron chi connectivity index (χ2n) is 4.53. The van der Waals surface area contributed by atoms with Gasteiger partial charge in [0.15, 0.2) is 0 Å². The zero-order valence-corrected chi connectivity index (χ0v) is 10.7. The summed E-state index contributed by atoms with van der Waals surface area (Å²) in [5, 5.41) is 13.2. The van der Waals surface area contributed by atoms with Gasteiger partial charge in [-0.1, -0.05) is 0 Å². The van der Waals surface area contributed by atoms with Crippen LogP contribution in [-0.4, -0.2) is 54.5 Å². The Kier molecular flexibility index (Phi) is 3.39. The van der Waals surface area contributed by atoms with Gasteiger partial charge in [-0.05, 0) is 6.42 Å². The van der Waals surface area contributed by atoms with Crippen LogP contribution in [0.25, 0.3) is 5.95 Å². The van der Waals surface area contributed by atoms with Crippen molar-refractivity contribution in [1.29, 1.82) is 0 Å². The third-order valence-corrected chi connectivity index (χ3v) is 3.19. The topological polar surface area (TPSA) is 131 Å². The Balaban J connectivity index is 1.93. The van der Waals surface area contributed by atoms with Gasteiger partial charge in [-0.25, -0.2) is 10.8 Å². The van der Waals surface area contributed by atoms with Crippen molar-refractivity contribution in [3.8, 4) is 5.95 Å². The summed E-state index contributed by atoms with van der Waals surface area (Å²) < 4.78 is 1.44. The maximum Gasteiger partial charge on any atom is 0.258 e. The van der Waals surface area contributed by atoms with Crippen molar-refractivity contribution in [2.75, 3.05) is 30.0 Å². The predicted molar refractivity (Wildman–Crippen MR) is 70.0 cm³/mol. The minimum absolute atomic E-state index is 0.166. The van der Waals surface area contributed by atoms with E-state index in [-0.39, 0.29) is 18.5 Å². The first kappa shape index (κ1) is 12.7. The molecule has 1 unspecified atom stereocenters. The molecule has 106 valence electrons. The van der Waals surface area contributed by atoms with E-state index < -0.39 is 0 Å². The van der Waals surface area contributed by atoms with Crippen LogP contribution in [0, 0.1) is 5.92 Å². The number of aliphatic hydroxyl groups is 1. The highest BCUT2D eigenvalue weighted by atomic mass is 16.3. The van der Waals surface area contributed by atoms with Crippen LogP contribution in [0.1, 0.15) is 6.42 Å². The molecule has 1 aliphatic rings. The van der Waals surface area contributed by atoms with E-state index in [1.807, 2.05) is 4.90 Å². The van der Waals surface area contributed by atoms with Gasteiger partial charge in [0.25, 0.3) is 5.95 Å². The van der Waals surface area contributed by atoms with E-state index in [0.717, 1.165) is 13.0 Å². The molecule has 1 fully saturated rings. The van der Waals surface area contributed by atoms with E-state index in [1.54, 1.807) is 0 Å². The van der Waals surface area contributed by atoms with Crippen LogP contribution in [0.5, 0.6) is 0 Å². The van der Waals surface area contributed by atoms with Crippen LogP contribution in [0.2, 0.25) is 0 Å². The second-order valence-corrected chi connectivity index (χ2v) is 4.53. The quantitative estimate of drug-likeness (QED) is 0.454. The lowest BCUT2D eigenvalue weighted by atomic mass is 10.1. The summed E-state index contributed by atoms with van der Waals surface area (Å²) in [5.74, 6) is 6.74. The maximum absolute atomic E-state index is 9.20. The van der Waals surface area contributed by atoms with Crippen LogP contribution in [0.4, 0.5) is 11.9 Å². The number of hydrogen-bond donors (Lipinski definition) is 3. The lowest BCUT2D eigenvalue weighted by Crippen LogP contribution is -2.25. The Labute approximate surface area is 114 Å². The number of nitrogens with zero attached hydrogens (tertiary/aromatic N) is 7. The summed E-state index contributed by atoms with van der Waals surface area (Å²) in [6.45, 7) is 1.66. The zero-order valence-electron chi connectivity index (χ0n) is 10.7. The summed E-state index contributed by atoms with van der Waals surface area (Å²) in [4.78, 5) is 18.6. The molecule has 3 rings (SSSR count). The Morgan fingerprint density at radius 1 is 1.35 bits per heavy atom. The SMILES string of the molecule is NNc1nc(N2CCC(CO)C2)nc(-n2cncn2)n1. The fourth-order valence-electron chi connectivity index (χ4n) is 2.14. The molecule has 0 radical (unpaired) electrons. The van der Waals surface area contributed by atoms with Crippen LogP contribution >= 0.6 is 0 Å².